The molecule has 0 aliphatic carbocycles. The van der Waals surface area contributed by atoms with Crippen molar-refractivity contribution in [1.29, 1.82) is 0 Å². The number of carbonyl (C=O) groups excluding carboxylic acids is 3. The minimum absolute atomic E-state index is 0.0387. The van der Waals surface area contributed by atoms with E-state index in [1.807, 2.05) is 39.0 Å². The molecule has 2 amide bonds. The first-order chi connectivity index (χ1) is 14.2. The van der Waals surface area contributed by atoms with Gasteiger partial charge in [0.25, 0.3) is 5.91 Å². The number of carbonyl (C=O) groups is 3. The summed E-state index contributed by atoms with van der Waals surface area (Å²) in [6, 6.07) is 9.08. The molecule has 1 saturated heterocycles. The Morgan fingerprint density at radius 2 is 1.90 bits per heavy atom. The maximum atomic E-state index is 12.4. The molecule has 0 aromatic heterocycles. The summed E-state index contributed by atoms with van der Waals surface area (Å²) in [7, 11) is 0. The molecule has 1 N–H and O–H groups in total. The second-order valence-electron chi connectivity index (χ2n) is 7.41. The van der Waals surface area contributed by atoms with Gasteiger partial charge in [-0.15, -0.1) is 0 Å². The van der Waals surface area contributed by atoms with E-state index in [1.165, 1.54) is 4.90 Å². The maximum absolute atomic E-state index is 12.4. The minimum atomic E-state index is -0.623. The second kappa shape index (κ2) is 9.18. The lowest BCUT2D eigenvalue weighted by Gasteiger charge is -2.17. The molecule has 0 radical (unpaired) electrons. The van der Waals surface area contributed by atoms with Crippen molar-refractivity contribution >= 4 is 56.7 Å². The van der Waals surface area contributed by atoms with Gasteiger partial charge in [0.05, 0.1) is 5.92 Å². The monoisotopic (exact) mass is 492 g/mol. The van der Waals surface area contributed by atoms with E-state index in [0.29, 0.717) is 16.4 Å². The minimum Gasteiger partial charge on any atom is -0.455 e. The van der Waals surface area contributed by atoms with Gasteiger partial charge in [-0.1, -0.05) is 33.6 Å². The lowest BCUT2D eigenvalue weighted by molar-refractivity contribution is -0.151. The van der Waals surface area contributed by atoms with E-state index >= 15 is 0 Å². The van der Waals surface area contributed by atoms with Crippen LogP contribution >= 0.6 is 27.5 Å². The number of aryl methyl sites for hydroxylation is 3. The Bertz CT molecular complexity index is 1020. The first kappa shape index (κ1) is 22.3. The van der Waals surface area contributed by atoms with Gasteiger partial charge >= 0.3 is 5.97 Å². The van der Waals surface area contributed by atoms with Gasteiger partial charge in [0.2, 0.25) is 5.91 Å². The predicted molar refractivity (Wildman–Crippen MR) is 120 cm³/mol. The number of anilines is 2. The Balaban J connectivity index is 1.56. The average Bonchev–Trinajstić information content (AvgIpc) is 3.08. The highest BCUT2D eigenvalue weighted by Gasteiger charge is 2.36. The SMILES string of the molecule is Cc1ccc(N2C[C@@H](C(=O)OCC(=O)Nc3cc(C)c(Br)cc3C)CC2=O)cc1Cl. The zero-order valence-corrected chi connectivity index (χ0v) is 19.3. The van der Waals surface area contributed by atoms with Crippen LogP contribution in [0.25, 0.3) is 0 Å². The number of amides is 2. The Labute approximate surface area is 188 Å². The van der Waals surface area contributed by atoms with E-state index in [4.69, 9.17) is 16.3 Å². The van der Waals surface area contributed by atoms with Gasteiger partial charge in [-0.2, -0.15) is 0 Å². The van der Waals surface area contributed by atoms with Crippen molar-refractivity contribution < 1.29 is 19.1 Å². The van der Waals surface area contributed by atoms with Gasteiger partial charge in [-0.05, 0) is 61.7 Å². The van der Waals surface area contributed by atoms with Crippen LogP contribution in [0.5, 0.6) is 0 Å². The highest BCUT2D eigenvalue weighted by atomic mass is 79.9. The quantitative estimate of drug-likeness (QED) is 0.620. The Kier molecular flexibility index (Phi) is 6.83. The molecule has 1 aliphatic heterocycles. The van der Waals surface area contributed by atoms with Crippen LogP contribution in [0, 0.1) is 26.7 Å². The number of ether oxygens (including phenoxy) is 1. The van der Waals surface area contributed by atoms with E-state index in [9.17, 15) is 14.4 Å². The zero-order valence-electron chi connectivity index (χ0n) is 16.9. The van der Waals surface area contributed by atoms with E-state index in [2.05, 4.69) is 21.2 Å². The van der Waals surface area contributed by atoms with Crippen LogP contribution < -0.4 is 10.2 Å². The summed E-state index contributed by atoms with van der Waals surface area (Å²) in [6.45, 7) is 5.46. The molecule has 0 bridgehead atoms. The van der Waals surface area contributed by atoms with Gasteiger partial charge in [0.1, 0.15) is 0 Å². The van der Waals surface area contributed by atoms with E-state index in [-0.39, 0.29) is 18.9 Å². The van der Waals surface area contributed by atoms with Crippen LogP contribution in [-0.4, -0.2) is 30.9 Å². The number of benzene rings is 2. The predicted octanol–water partition coefficient (Wildman–Crippen LogP) is 4.56. The number of hydrogen-bond donors (Lipinski definition) is 1. The van der Waals surface area contributed by atoms with Crippen molar-refractivity contribution in [2.24, 2.45) is 5.92 Å². The van der Waals surface area contributed by atoms with Crippen LogP contribution in [0.1, 0.15) is 23.1 Å². The van der Waals surface area contributed by atoms with Gasteiger partial charge < -0.3 is 15.0 Å². The third kappa shape index (κ3) is 5.02. The van der Waals surface area contributed by atoms with Crippen molar-refractivity contribution in [3.63, 3.8) is 0 Å². The fourth-order valence-electron chi connectivity index (χ4n) is 3.22. The van der Waals surface area contributed by atoms with Gasteiger partial charge in [-0.25, -0.2) is 0 Å². The van der Waals surface area contributed by atoms with Crippen molar-refractivity contribution in [3.8, 4) is 0 Å². The van der Waals surface area contributed by atoms with Crippen LogP contribution in [0.2, 0.25) is 5.02 Å². The Morgan fingerprint density at radius 1 is 1.17 bits per heavy atom. The lowest BCUT2D eigenvalue weighted by Crippen LogP contribution is -2.28. The van der Waals surface area contributed by atoms with Gasteiger partial charge in [-0.3, -0.25) is 14.4 Å². The summed E-state index contributed by atoms with van der Waals surface area (Å²) in [6.07, 6.45) is 0.0387. The molecule has 30 heavy (non-hydrogen) atoms. The lowest BCUT2D eigenvalue weighted by atomic mass is 10.1. The number of hydrogen-bond acceptors (Lipinski definition) is 4. The molecule has 0 unspecified atom stereocenters. The average molecular weight is 494 g/mol. The van der Waals surface area contributed by atoms with Crippen molar-refractivity contribution in [2.75, 3.05) is 23.4 Å². The standard InChI is InChI=1S/C22H22BrClN2O4/c1-12-4-5-16(9-18(12)24)26-10-15(8-21(26)28)22(29)30-11-20(27)25-19-7-13(2)17(23)6-14(19)3/h4-7,9,15H,8,10-11H2,1-3H3,(H,25,27)/t15-/m0/s1. The maximum Gasteiger partial charge on any atom is 0.311 e. The summed E-state index contributed by atoms with van der Waals surface area (Å²) >= 11 is 9.59. The molecule has 0 saturated carbocycles. The molecule has 2 aromatic carbocycles. The fourth-order valence-corrected chi connectivity index (χ4v) is 3.85. The molecule has 1 atom stereocenters. The van der Waals surface area contributed by atoms with Crippen LogP contribution in [0.3, 0.4) is 0 Å². The van der Waals surface area contributed by atoms with Gasteiger partial charge in [0.15, 0.2) is 6.61 Å². The number of halogens is 2. The van der Waals surface area contributed by atoms with Crippen LogP contribution in [0.4, 0.5) is 11.4 Å². The molecule has 3 rings (SSSR count). The van der Waals surface area contributed by atoms with Crippen LogP contribution in [-0.2, 0) is 19.1 Å². The molecule has 1 aliphatic rings. The molecule has 1 fully saturated rings. The molecule has 1 heterocycles. The number of nitrogens with zero attached hydrogens (tertiary/aromatic N) is 1. The number of esters is 1. The molecular formula is C22H22BrClN2O4. The number of rotatable bonds is 5. The zero-order chi connectivity index (χ0) is 22.0. The first-order valence-electron chi connectivity index (χ1n) is 9.45. The van der Waals surface area contributed by atoms with Crippen molar-refractivity contribution in [1.82, 2.24) is 0 Å². The third-order valence-corrected chi connectivity index (χ3v) is 6.31. The molecule has 0 spiro atoms. The first-order valence-corrected chi connectivity index (χ1v) is 10.6. The highest BCUT2D eigenvalue weighted by molar-refractivity contribution is 9.10. The van der Waals surface area contributed by atoms with Crippen molar-refractivity contribution in [3.05, 3.63) is 56.5 Å². The molecule has 8 heteroatoms. The topological polar surface area (TPSA) is 75.7 Å². The fraction of sp³-hybridized carbons (Fsp3) is 0.318. The summed E-state index contributed by atoms with van der Waals surface area (Å²) in [5.41, 5.74) is 4.08. The normalized spacial score (nSPS) is 16.0. The molecule has 6 nitrogen and oxygen atoms in total. The highest BCUT2D eigenvalue weighted by Crippen LogP contribution is 2.29. The molecule has 2 aromatic rings. The molecular weight excluding hydrogens is 472 g/mol. The summed E-state index contributed by atoms with van der Waals surface area (Å²) in [5, 5.41) is 3.31. The summed E-state index contributed by atoms with van der Waals surface area (Å²) < 4.78 is 6.12. The van der Waals surface area contributed by atoms with Crippen molar-refractivity contribution in [2.45, 2.75) is 27.2 Å². The van der Waals surface area contributed by atoms with Crippen LogP contribution in [0.15, 0.2) is 34.8 Å². The van der Waals surface area contributed by atoms with Gasteiger partial charge in [0, 0.05) is 33.8 Å². The Hall–Kier alpha value is -2.38. The largest absolute Gasteiger partial charge is 0.455 e. The molecule has 158 valence electrons. The summed E-state index contributed by atoms with van der Waals surface area (Å²) in [5.74, 6) is -1.80. The van der Waals surface area contributed by atoms with E-state index in [0.717, 1.165) is 21.2 Å². The number of nitrogens with one attached hydrogen (secondary N) is 1. The summed E-state index contributed by atoms with van der Waals surface area (Å²) in [4.78, 5) is 38.5. The van der Waals surface area contributed by atoms with E-state index in [1.54, 1.807) is 12.1 Å². The van der Waals surface area contributed by atoms with E-state index < -0.39 is 24.4 Å². The third-order valence-electron chi connectivity index (χ3n) is 5.05. The smallest absolute Gasteiger partial charge is 0.311 e. The second-order valence-corrected chi connectivity index (χ2v) is 8.67. The Morgan fingerprint density at radius 3 is 2.60 bits per heavy atom.